The van der Waals surface area contributed by atoms with Gasteiger partial charge in [-0.3, -0.25) is 4.79 Å². The molecule has 4 nitrogen and oxygen atoms in total. The third-order valence-electron chi connectivity index (χ3n) is 2.74. The summed E-state index contributed by atoms with van der Waals surface area (Å²) in [5, 5.41) is 3.36. The first-order valence-electron chi connectivity index (χ1n) is 6.09. The molecule has 0 saturated heterocycles. The van der Waals surface area contributed by atoms with Crippen molar-refractivity contribution in [3.05, 3.63) is 59.5 Å². The average molecular weight is 288 g/mol. The molecule has 0 atom stereocenters. The van der Waals surface area contributed by atoms with Crippen molar-refractivity contribution in [2.45, 2.75) is 13.3 Å². The van der Waals surface area contributed by atoms with Crippen molar-refractivity contribution in [3.8, 4) is 0 Å². The van der Waals surface area contributed by atoms with Crippen molar-refractivity contribution in [1.82, 2.24) is 9.97 Å². The van der Waals surface area contributed by atoms with Crippen LogP contribution in [0.2, 0.25) is 5.28 Å². The summed E-state index contributed by atoms with van der Waals surface area (Å²) in [6, 6.07) is 7.58. The molecular formula is C15H14ClN3O. The Morgan fingerprint density at radius 1 is 1.50 bits per heavy atom. The number of aromatic nitrogens is 2. The van der Waals surface area contributed by atoms with Gasteiger partial charge in [0.2, 0.25) is 5.28 Å². The van der Waals surface area contributed by atoms with Crippen LogP contribution >= 0.6 is 11.6 Å². The number of aryl methyl sites for hydroxylation is 1. The highest BCUT2D eigenvalue weighted by molar-refractivity contribution is 6.28. The second kappa shape index (κ2) is 6.30. The summed E-state index contributed by atoms with van der Waals surface area (Å²) >= 11 is 5.78. The minimum Gasteiger partial charge on any atom is -0.340 e. The molecule has 102 valence electrons. The third-order valence-corrected chi connectivity index (χ3v) is 2.92. The van der Waals surface area contributed by atoms with Crippen LogP contribution in [0.5, 0.6) is 0 Å². The molecule has 2 rings (SSSR count). The maximum atomic E-state index is 11.4. The molecule has 2 aromatic rings. The Kier molecular flexibility index (Phi) is 4.48. The number of carbonyl (C=O) groups is 1. The highest BCUT2D eigenvalue weighted by Gasteiger charge is 2.05. The predicted molar refractivity (Wildman–Crippen MR) is 80.4 cm³/mol. The molecule has 0 unspecified atom stereocenters. The van der Waals surface area contributed by atoms with Gasteiger partial charge in [0.25, 0.3) is 0 Å². The summed E-state index contributed by atoms with van der Waals surface area (Å²) in [4.78, 5) is 19.4. The van der Waals surface area contributed by atoms with E-state index >= 15 is 0 Å². The number of nitrogens with zero attached hydrogens (tertiary/aromatic N) is 2. The summed E-state index contributed by atoms with van der Waals surface area (Å²) in [7, 11) is 0. The zero-order chi connectivity index (χ0) is 14.5. The third kappa shape index (κ3) is 3.65. The van der Waals surface area contributed by atoms with Gasteiger partial charge in [-0.2, -0.15) is 0 Å². The Morgan fingerprint density at radius 2 is 2.30 bits per heavy atom. The lowest BCUT2D eigenvalue weighted by Gasteiger charge is -2.09. The van der Waals surface area contributed by atoms with Crippen LogP contribution in [0.1, 0.15) is 11.1 Å². The maximum Gasteiger partial charge on any atom is 0.224 e. The molecule has 20 heavy (non-hydrogen) atoms. The fourth-order valence-electron chi connectivity index (χ4n) is 1.72. The van der Waals surface area contributed by atoms with Gasteiger partial charge < -0.3 is 5.32 Å². The van der Waals surface area contributed by atoms with E-state index in [2.05, 4.69) is 21.9 Å². The van der Waals surface area contributed by atoms with E-state index in [1.165, 1.54) is 6.08 Å². The fraction of sp³-hybridized carbons (Fsp3) is 0.133. The molecular weight excluding hydrogens is 274 g/mol. The standard InChI is InChI=1S/C15H14ClN3O/c1-3-13(20)8-11-5-4-6-12(7-11)18-14-10(2)9-17-15(16)19-14/h3-7,9H,1,8H2,2H3,(H,17,18,19). The molecule has 1 N–H and O–H groups in total. The molecule has 0 amide bonds. The predicted octanol–water partition coefficient (Wildman–Crippen LogP) is 3.48. The van der Waals surface area contributed by atoms with Gasteiger partial charge in [-0.1, -0.05) is 18.7 Å². The SMILES string of the molecule is C=CC(=O)Cc1cccc(Nc2nc(Cl)ncc2C)c1. The Hall–Kier alpha value is -2.20. The van der Waals surface area contributed by atoms with Gasteiger partial charge >= 0.3 is 0 Å². The van der Waals surface area contributed by atoms with Crippen molar-refractivity contribution in [3.63, 3.8) is 0 Å². The van der Waals surface area contributed by atoms with Crippen LogP contribution in [0.4, 0.5) is 11.5 Å². The van der Waals surface area contributed by atoms with E-state index in [0.717, 1.165) is 16.8 Å². The topological polar surface area (TPSA) is 54.9 Å². The number of allylic oxidation sites excluding steroid dienone is 1. The molecule has 1 aromatic carbocycles. The first kappa shape index (κ1) is 14.2. The number of rotatable bonds is 5. The van der Waals surface area contributed by atoms with E-state index in [1.807, 2.05) is 31.2 Å². The molecule has 0 aliphatic rings. The number of nitrogens with one attached hydrogen (secondary N) is 1. The van der Waals surface area contributed by atoms with Crippen LogP contribution < -0.4 is 5.32 Å². The van der Waals surface area contributed by atoms with E-state index in [9.17, 15) is 4.79 Å². The first-order chi connectivity index (χ1) is 9.58. The van der Waals surface area contributed by atoms with E-state index in [4.69, 9.17) is 11.6 Å². The van der Waals surface area contributed by atoms with E-state index < -0.39 is 0 Å². The lowest BCUT2D eigenvalue weighted by Crippen LogP contribution is -2.01. The summed E-state index contributed by atoms with van der Waals surface area (Å²) in [5.74, 6) is 0.639. The minimum absolute atomic E-state index is 0.0107. The smallest absolute Gasteiger partial charge is 0.224 e. The summed E-state index contributed by atoms with van der Waals surface area (Å²) < 4.78 is 0. The van der Waals surface area contributed by atoms with Crippen molar-refractivity contribution >= 4 is 28.9 Å². The van der Waals surface area contributed by atoms with Crippen LogP contribution in [0.15, 0.2) is 43.1 Å². The monoisotopic (exact) mass is 287 g/mol. The zero-order valence-electron chi connectivity index (χ0n) is 11.1. The second-order valence-electron chi connectivity index (χ2n) is 4.34. The van der Waals surface area contributed by atoms with Crippen LogP contribution in [0, 0.1) is 6.92 Å². The molecule has 1 aromatic heterocycles. The molecule has 0 fully saturated rings. The zero-order valence-corrected chi connectivity index (χ0v) is 11.8. The average Bonchev–Trinajstić information content (AvgIpc) is 2.43. The summed E-state index contributed by atoms with van der Waals surface area (Å²) in [5.41, 5.74) is 2.65. The molecule has 5 heteroatoms. The van der Waals surface area contributed by atoms with E-state index in [-0.39, 0.29) is 11.1 Å². The quantitative estimate of drug-likeness (QED) is 0.676. The number of halogens is 1. The molecule has 0 aliphatic heterocycles. The van der Waals surface area contributed by atoms with Crippen LogP contribution in [-0.2, 0) is 11.2 Å². The molecule has 0 radical (unpaired) electrons. The van der Waals surface area contributed by atoms with Crippen LogP contribution in [0.25, 0.3) is 0 Å². The Balaban J connectivity index is 2.21. The van der Waals surface area contributed by atoms with Gasteiger partial charge in [0.15, 0.2) is 5.78 Å². The number of anilines is 2. The van der Waals surface area contributed by atoms with Crippen LogP contribution in [-0.4, -0.2) is 15.8 Å². The largest absolute Gasteiger partial charge is 0.340 e. The first-order valence-corrected chi connectivity index (χ1v) is 6.46. The molecule has 0 saturated carbocycles. The van der Waals surface area contributed by atoms with Crippen molar-refractivity contribution in [2.24, 2.45) is 0 Å². The Morgan fingerprint density at radius 3 is 3.05 bits per heavy atom. The number of hydrogen-bond donors (Lipinski definition) is 1. The normalized spacial score (nSPS) is 10.1. The summed E-state index contributed by atoms with van der Waals surface area (Å²) in [6.45, 7) is 5.36. The van der Waals surface area contributed by atoms with E-state index in [1.54, 1.807) is 6.20 Å². The highest BCUT2D eigenvalue weighted by Crippen LogP contribution is 2.20. The summed E-state index contributed by atoms with van der Waals surface area (Å²) in [6.07, 6.45) is 3.32. The number of hydrogen-bond acceptors (Lipinski definition) is 4. The van der Waals surface area contributed by atoms with Gasteiger partial charge in [0.1, 0.15) is 5.82 Å². The number of carbonyl (C=O) groups excluding carboxylic acids is 1. The Labute approximate surface area is 122 Å². The minimum atomic E-state index is -0.0107. The lowest BCUT2D eigenvalue weighted by molar-refractivity contribution is -0.114. The van der Waals surface area contributed by atoms with E-state index in [0.29, 0.717) is 12.2 Å². The van der Waals surface area contributed by atoms with Crippen molar-refractivity contribution in [2.75, 3.05) is 5.32 Å². The lowest BCUT2D eigenvalue weighted by atomic mass is 10.1. The van der Waals surface area contributed by atoms with Crippen molar-refractivity contribution < 1.29 is 4.79 Å². The highest BCUT2D eigenvalue weighted by atomic mass is 35.5. The molecule has 1 heterocycles. The van der Waals surface area contributed by atoms with Crippen molar-refractivity contribution in [1.29, 1.82) is 0 Å². The van der Waals surface area contributed by atoms with Gasteiger partial charge in [-0.05, 0) is 42.3 Å². The number of ketones is 1. The fourth-order valence-corrected chi connectivity index (χ4v) is 1.85. The molecule has 0 bridgehead atoms. The maximum absolute atomic E-state index is 11.4. The number of benzene rings is 1. The van der Waals surface area contributed by atoms with Gasteiger partial charge in [0, 0.05) is 23.9 Å². The second-order valence-corrected chi connectivity index (χ2v) is 4.68. The van der Waals surface area contributed by atoms with Crippen LogP contribution in [0.3, 0.4) is 0 Å². The van der Waals surface area contributed by atoms with Gasteiger partial charge in [0.05, 0.1) is 0 Å². The van der Waals surface area contributed by atoms with Gasteiger partial charge in [-0.15, -0.1) is 0 Å². The molecule has 0 aliphatic carbocycles. The van der Waals surface area contributed by atoms with Gasteiger partial charge in [-0.25, -0.2) is 9.97 Å². The molecule has 0 spiro atoms. The Bertz CT molecular complexity index is 655.